The van der Waals surface area contributed by atoms with Gasteiger partial charge in [-0.3, -0.25) is 15.0 Å². The zero-order chi connectivity index (χ0) is 12.7. The van der Waals surface area contributed by atoms with Gasteiger partial charge in [0.15, 0.2) is 0 Å². The summed E-state index contributed by atoms with van der Waals surface area (Å²) in [6, 6.07) is 3.21. The second-order valence-electron chi connectivity index (χ2n) is 5.34. The van der Waals surface area contributed by atoms with Crippen LogP contribution in [0, 0.1) is 10.1 Å². The number of thiophene rings is 1. The Labute approximate surface area is 110 Å². The first kappa shape index (κ1) is 12.1. The SMILES string of the molecule is NC1CC2CCC(C1)N2Cc1csc([N+](=O)[O-])c1. The van der Waals surface area contributed by atoms with Crippen LogP contribution in [0.2, 0.25) is 0 Å². The molecule has 2 atom stereocenters. The molecule has 0 aromatic carbocycles. The summed E-state index contributed by atoms with van der Waals surface area (Å²) < 4.78 is 0. The largest absolute Gasteiger partial charge is 0.328 e. The highest BCUT2D eigenvalue weighted by molar-refractivity contribution is 7.13. The highest BCUT2D eigenvalue weighted by Gasteiger charge is 2.39. The Hall–Kier alpha value is -0.980. The average Bonchev–Trinajstić information content (AvgIpc) is 2.85. The maximum Gasteiger partial charge on any atom is 0.324 e. The normalized spacial score (nSPS) is 31.7. The zero-order valence-electron chi connectivity index (χ0n) is 10.1. The number of nitro groups is 1. The smallest absolute Gasteiger partial charge is 0.324 e. The van der Waals surface area contributed by atoms with Crippen LogP contribution in [0.4, 0.5) is 5.00 Å². The Morgan fingerprint density at radius 3 is 2.67 bits per heavy atom. The Balaban J connectivity index is 1.71. The highest BCUT2D eigenvalue weighted by atomic mass is 32.1. The van der Waals surface area contributed by atoms with Gasteiger partial charge in [-0.2, -0.15) is 0 Å². The van der Waals surface area contributed by atoms with Crippen molar-refractivity contribution in [2.75, 3.05) is 0 Å². The molecule has 2 N–H and O–H groups in total. The number of hydrogen-bond donors (Lipinski definition) is 1. The average molecular weight is 267 g/mol. The first-order valence-corrected chi connectivity index (χ1v) is 7.24. The first-order valence-electron chi connectivity index (χ1n) is 6.36. The molecule has 0 amide bonds. The summed E-state index contributed by atoms with van der Waals surface area (Å²) in [5.41, 5.74) is 7.11. The molecule has 2 aliphatic rings. The topological polar surface area (TPSA) is 72.4 Å². The van der Waals surface area contributed by atoms with Crippen molar-refractivity contribution in [2.24, 2.45) is 5.73 Å². The molecule has 0 spiro atoms. The van der Waals surface area contributed by atoms with Crippen molar-refractivity contribution in [3.63, 3.8) is 0 Å². The van der Waals surface area contributed by atoms with Crippen molar-refractivity contribution in [1.82, 2.24) is 4.90 Å². The fourth-order valence-electron chi connectivity index (χ4n) is 3.33. The summed E-state index contributed by atoms with van der Waals surface area (Å²) in [6.07, 6.45) is 4.60. The van der Waals surface area contributed by atoms with E-state index < -0.39 is 0 Å². The van der Waals surface area contributed by atoms with Crippen LogP contribution < -0.4 is 5.73 Å². The minimum Gasteiger partial charge on any atom is -0.328 e. The quantitative estimate of drug-likeness (QED) is 0.672. The van der Waals surface area contributed by atoms with Crippen molar-refractivity contribution in [3.8, 4) is 0 Å². The van der Waals surface area contributed by atoms with Crippen molar-refractivity contribution in [3.05, 3.63) is 27.1 Å². The van der Waals surface area contributed by atoms with Crippen molar-refractivity contribution >= 4 is 16.3 Å². The predicted molar refractivity (Wildman–Crippen MR) is 70.5 cm³/mol. The third-order valence-corrected chi connectivity index (χ3v) is 5.03. The van der Waals surface area contributed by atoms with Crippen LogP contribution in [-0.4, -0.2) is 27.9 Å². The van der Waals surface area contributed by atoms with Crippen LogP contribution in [-0.2, 0) is 6.54 Å². The van der Waals surface area contributed by atoms with E-state index in [0.717, 1.165) is 24.9 Å². The minimum absolute atomic E-state index is 0.242. The van der Waals surface area contributed by atoms with E-state index in [1.165, 1.54) is 24.2 Å². The van der Waals surface area contributed by atoms with Gasteiger partial charge in [0.2, 0.25) is 0 Å². The summed E-state index contributed by atoms with van der Waals surface area (Å²) in [5.74, 6) is 0. The third-order valence-electron chi connectivity index (χ3n) is 4.11. The molecule has 5 nitrogen and oxygen atoms in total. The van der Waals surface area contributed by atoms with E-state index in [0.29, 0.717) is 18.1 Å². The van der Waals surface area contributed by atoms with Gasteiger partial charge in [0, 0.05) is 36.1 Å². The van der Waals surface area contributed by atoms with Gasteiger partial charge in [-0.1, -0.05) is 11.3 Å². The third kappa shape index (κ3) is 2.15. The van der Waals surface area contributed by atoms with Gasteiger partial charge in [-0.25, -0.2) is 0 Å². The van der Waals surface area contributed by atoms with Crippen LogP contribution in [0.25, 0.3) is 0 Å². The molecule has 6 heteroatoms. The van der Waals surface area contributed by atoms with Crippen molar-refractivity contribution < 1.29 is 4.92 Å². The molecule has 2 unspecified atom stereocenters. The number of rotatable bonds is 3. The number of fused-ring (bicyclic) bond motifs is 2. The Kier molecular flexibility index (Phi) is 3.09. The fraction of sp³-hybridized carbons (Fsp3) is 0.667. The number of piperidine rings is 1. The fourth-order valence-corrected chi connectivity index (χ4v) is 4.05. The lowest BCUT2D eigenvalue weighted by atomic mass is 9.98. The van der Waals surface area contributed by atoms with E-state index in [1.807, 2.05) is 5.38 Å². The lowest BCUT2D eigenvalue weighted by Crippen LogP contribution is -2.46. The van der Waals surface area contributed by atoms with Crippen LogP contribution in [0.5, 0.6) is 0 Å². The standard InChI is InChI=1S/C12H17N3O2S/c13-9-4-10-1-2-11(5-9)14(10)6-8-3-12(15(16)17)18-7-8/h3,7,9-11H,1-2,4-6,13H2. The second kappa shape index (κ2) is 4.60. The number of nitrogens with zero attached hydrogens (tertiary/aromatic N) is 2. The second-order valence-corrected chi connectivity index (χ2v) is 6.23. The van der Waals surface area contributed by atoms with Gasteiger partial charge in [-0.15, -0.1) is 0 Å². The zero-order valence-corrected chi connectivity index (χ0v) is 10.9. The molecule has 1 aromatic rings. The van der Waals surface area contributed by atoms with Crippen molar-refractivity contribution in [2.45, 2.75) is 50.4 Å². The lowest BCUT2D eigenvalue weighted by molar-refractivity contribution is -0.380. The molecule has 0 radical (unpaired) electrons. The summed E-state index contributed by atoms with van der Waals surface area (Å²) in [5, 5.41) is 12.8. The summed E-state index contributed by atoms with van der Waals surface area (Å²) in [7, 11) is 0. The molecule has 2 fully saturated rings. The van der Waals surface area contributed by atoms with E-state index in [-0.39, 0.29) is 9.92 Å². The van der Waals surface area contributed by atoms with Gasteiger partial charge < -0.3 is 5.73 Å². The molecule has 18 heavy (non-hydrogen) atoms. The molecule has 2 saturated heterocycles. The Bertz CT molecular complexity index is 448. The molecule has 0 saturated carbocycles. The van der Waals surface area contributed by atoms with Crippen LogP contribution in [0.1, 0.15) is 31.2 Å². The van der Waals surface area contributed by atoms with E-state index in [2.05, 4.69) is 4.90 Å². The molecule has 3 heterocycles. The van der Waals surface area contributed by atoms with Crippen LogP contribution in [0.3, 0.4) is 0 Å². The lowest BCUT2D eigenvalue weighted by Gasteiger charge is -2.37. The maximum atomic E-state index is 10.7. The maximum absolute atomic E-state index is 10.7. The molecular weight excluding hydrogens is 250 g/mol. The molecular formula is C12H17N3O2S. The Morgan fingerprint density at radius 2 is 2.11 bits per heavy atom. The number of nitrogens with two attached hydrogens (primary N) is 1. The van der Waals surface area contributed by atoms with E-state index in [9.17, 15) is 10.1 Å². The molecule has 3 rings (SSSR count). The van der Waals surface area contributed by atoms with Gasteiger partial charge >= 0.3 is 5.00 Å². The monoisotopic (exact) mass is 267 g/mol. The summed E-state index contributed by atoms with van der Waals surface area (Å²) >= 11 is 1.22. The molecule has 2 bridgehead atoms. The first-order chi connectivity index (χ1) is 8.63. The molecule has 0 aliphatic carbocycles. The van der Waals surface area contributed by atoms with Gasteiger partial charge in [0.25, 0.3) is 0 Å². The van der Waals surface area contributed by atoms with Gasteiger partial charge in [0.05, 0.1) is 4.92 Å². The van der Waals surface area contributed by atoms with Gasteiger partial charge in [-0.05, 0) is 31.2 Å². The van der Waals surface area contributed by atoms with E-state index in [1.54, 1.807) is 6.07 Å². The van der Waals surface area contributed by atoms with E-state index >= 15 is 0 Å². The van der Waals surface area contributed by atoms with Crippen molar-refractivity contribution in [1.29, 1.82) is 0 Å². The van der Waals surface area contributed by atoms with E-state index in [4.69, 9.17) is 5.73 Å². The number of hydrogen-bond acceptors (Lipinski definition) is 5. The predicted octanol–water partition coefficient (Wildman–Crippen LogP) is 2.11. The Morgan fingerprint density at radius 1 is 1.44 bits per heavy atom. The van der Waals surface area contributed by atoms with Crippen LogP contribution in [0.15, 0.2) is 11.4 Å². The van der Waals surface area contributed by atoms with Gasteiger partial charge in [0.1, 0.15) is 0 Å². The summed E-state index contributed by atoms with van der Waals surface area (Å²) in [6.45, 7) is 0.840. The highest BCUT2D eigenvalue weighted by Crippen LogP contribution is 2.37. The molecule has 1 aromatic heterocycles. The molecule has 98 valence electrons. The van der Waals surface area contributed by atoms with Crippen LogP contribution >= 0.6 is 11.3 Å². The summed E-state index contributed by atoms with van der Waals surface area (Å²) in [4.78, 5) is 12.9. The molecule has 2 aliphatic heterocycles. The minimum atomic E-state index is -0.311.